The van der Waals surface area contributed by atoms with Gasteiger partial charge in [0.2, 0.25) is 0 Å². The van der Waals surface area contributed by atoms with Gasteiger partial charge in [-0.3, -0.25) is 0 Å². The fraction of sp³-hybridized carbons (Fsp3) is 0.222. The third-order valence-electron chi connectivity index (χ3n) is 4.36. The lowest BCUT2D eigenvalue weighted by Gasteiger charge is -2.14. The number of aryl methyl sites for hydroxylation is 3. The van der Waals surface area contributed by atoms with Crippen molar-refractivity contribution in [2.45, 2.75) is 25.9 Å². The van der Waals surface area contributed by atoms with Crippen LogP contribution in [0.1, 0.15) is 34.1 Å². The van der Waals surface area contributed by atoms with Crippen molar-refractivity contribution in [3.8, 4) is 0 Å². The van der Waals surface area contributed by atoms with Crippen molar-refractivity contribution in [3.05, 3.63) is 70.7 Å². The summed E-state index contributed by atoms with van der Waals surface area (Å²) in [6, 6.07) is 12.4. The molecule has 0 bridgehead atoms. The summed E-state index contributed by atoms with van der Waals surface area (Å²) in [4.78, 5) is 0. The van der Waals surface area contributed by atoms with Crippen LogP contribution in [0.5, 0.6) is 0 Å². The van der Waals surface area contributed by atoms with Crippen molar-refractivity contribution in [1.29, 1.82) is 0 Å². The van der Waals surface area contributed by atoms with E-state index in [1.165, 1.54) is 16.5 Å². The van der Waals surface area contributed by atoms with Crippen LogP contribution >= 0.6 is 0 Å². The first-order valence-corrected chi connectivity index (χ1v) is 7.01. The van der Waals surface area contributed by atoms with E-state index in [1.54, 1.807) is 6.26 Å². The van der Waals surface area contributed by atoms with Gasteiger partial charge < -0.3 is 9.52 Å². The fourth-order valence-corrected chi connectivity index (χ4v) is 3.31. The molecule has 1 N–H and O–H groups in total. The zero-order valence-electron chi connectivity index (χ0n) is 11.4. The van der Waals surface area contributed by atoms with Crippen molar-refractivity contribution >= 4 is 10.8 Å². The zero-order chi connectivity index (χ0) is 13.7. The van der Waals surface area contributed by atoms with Gasteiger partial charge in [0.05, 0.1) is 6.26 Å². The van der Waals surface area contributed by atoms with E-state index >= 15 is 0 Å². The SMILES string of the molecule is Cc1ccoc1C(O)c1ccc2c3c(cccc13)CC2. The molecular formula is C18H16O2. The van der Waals surface area contributed by atoms with E-state index in [2.05, 4.69) is 24.3 Å². The summed E-state index contributed by atoms with van der Waals surface area (Å²) < 4.78 is 5.46. The van der Waals surface area contributed by atoms with Crippen molar-refractivity contribution in [1.82, 2.24) is 0 Å². The Kier molecular flexibility index (Phi) is 2.48. The molecule has 0 amide bonds. The van der Waals surface area contributed by atoms with Gasteiger partial charge in [-0.05, 0) is 58.9 Å². The molecule has 1 atom stereocenters. The molecule has 1 unspecified atom stereocenters. The summed E-state index contributed by atoms with van der Waals surface area (Å²) in [6.45, 7) is 1.96. The average molecular weight is 264 g/mol. The molecular weight excluding hydrogens is 248 g/mol. The van der Waals surface area contributed by atoms with Gasteiger partial charge in [0.25, 0.3) is 0 Å². The number of aliphatic hydroxyl groups excluding tert-OH is 1. The molecule has 0 saturated carbocycles. The van der Waals surface area contributed by atoms with Crippen molar-refractivity contribution in [2.24, 2.45) is 0 Å². The Bertz CT molecular complexity index is 788. The Labute approximate surface area is 117 Å². The van der Waals surface area contributed by atoms with Gasteiger partial charge in [0, 0.05) is 0 Å². The van der Waals surface area contributed by atoms with Crippen LogP contribution in [0.4, 0.5) is 0 Å². The molecule has 1 aliphatic carbocycles. The Morgan fingerprint density at radius 3 is 2.60 bits per heavy atom. The highest BCUT2D eigenvalue weighted by molar-refractivity contribution is 5.93. The Balaban J connectivity index is 1.96. The van der Waals surface area contributed by atoms with E-state index < -0.39 is 6.10 Å². The van der Waals surface area contributed by atoms with E-state index in [0.717, 1.165) is 29.4 Å². The van der Waals surface area contributed by atoms with Crippen LogP contribution in [-0.4, -0.2) is 5.11 Å². The van der Waals surface area contributed by atoms with Crippen LogP contribution in [0.15, 0.2) is 47.1 Å². The molecule has 0 radical (unpaired) electrons. The van der Waals surface area contributed by atoms with E-state index in [1.807, 2.05) is 19.1 Å². The van der Waals surface area contributed by atoms with Crippen molar-refractivity contribution < 1.29 is 9.52 Å². The molecule has 3 aromatic rings. The topological polar surface area (TPSA) is 33.4 Å². The first-order valence-electron chi connectivity index (χ1n) is 7.01. The first-order chi connectivity index (χ1) is 9.75. The number of hydrogen-bond donors (Lipinski definition) is 1. The standard InChI is InChI=1S/C18H16O2/c1-11-9-10-20-18(11)17(19)15-8-7-13-6-5-12-3-2-4-14(15)16(12)13/h2-4,7-10,17,19H,5-6H2,1H3. The maximum atomic E-state index is 10.7. The lowest BCUT2D eigenvalue weighted by atomic mass is 9.95. The lowest BCUT2D eigenvalue weighted by molar-refractivity contribution is 0.190. The van der Waals surface area contributed by atoms with Gasteiger partial charge in [0.1, 0.15) is 11.9 Å². The monoisotopic (exact) mass is 264 g/mol. The van der Waals surface area contributed by atoms with Crippen LogP contribution in [0, 0.1) is 6.92 Å². The highest BCUT2D eigenvalue weighted by Gasteiger charge is 2.22. The number of aliphatic hydroxyl groups is 1. The highest BCUT2D eigenvalue weighted by Crippen LogP contribution is 2.37. The van der Waals surface area contributed by atoms with Crippen LogP contribution in [-0.2, 0) is 12.8 Å². The van der Waals surface area contributed by atoms with Crippen molar-refractivity contribution in [2.75, 3.05) is 0 Å². The maximum absolute atomic E-state index is 10.7. The smallest absolute Gasteiger partial charge is 0.139 e. The molecule has 2 aromatic carbocycles. The largest absolute Gasteiger partial charge is 0.466 e. The summed E-state index contributed by atoms with van der Waals surface area (Å²) in [5, 5.41) is 13.1. The van der Waals surface area contributed by atoms with E-state index in [9.17, 15) is 5.11 Å². The van der Waals surface area contributed by atoms with Gasteiger partial charge in [-0.2, -0.15) is 0 Å². The molecule has 100 valence electrons. The Morgan fingerprint density at radius 2 is 1.85 bits per heavy atom. The third kappa shape index (κ3) is 1.55. The van der Waals surface area contributed by atoms with Gasteiger partial charge in [-0.25, -0.2) is 0 Å². The predicted octanol–water partition coefficient (Wildman–Crippen LogP) is 3.92. The summed E-state index contributed by atoms with van der Waals surface area (Å²) in [5.41, 5.74) is 4.71. The Morgan fingerprint density at radius 1 is 1.05 bits per heavy atom. The minimum atomic E-state index is -0.699. The molecule has 0 fully saturated rings. The zero-order valence-corrected chi connectivity index (χ0v) is 11.4. The molecule has 1 aromatic heterocycles. The number of furan rings is 1. The van der Waals surface area contributed by atoms with E-state index in [0.29, 0.717) is 5.76 Å². The third-order valence-corrected chi connectivity index (χ3v) is 4.36. The van der Waals surface area contributed by atoms with Crippen LogP contribution in [0.2, 0.25) is 0 Å². The van der Waals surface area contributed by atoms with E-state index in [-0.39, 0.29) is 0 Å². The summed E-state index contributed by atoms with van der Waals surface area (Å²) in [6.07, 6.45) is 3.14. The minimum absolute atomic E-state index is 0.642. The summed E-state index contributed by atoms with van der Waals surface area (Å²) in [7, 11) is 0. The number of hydrogen-bond acceptors (Lipinski definition) is 2. The molecule has 1 aliphatic rings. The molecule has 1 heterocycles. The van der Waals surface area contributed by atoms with Crippen LogP contribution < -0.4 is 0 Å². The van der Waals surface area contributed by atoms with Crippen LogP contribution in [0.3, 0.4) is 0 Å². The highest BCUT2D eigenvalue weighted by atomic mass is 16.4. The number of benzene rings is 2. The summed E-state index contributed by atoms with van der Waals surface area (Å²) >= 11 is 0. The maximum Gasteiger partial charge on any atom is 0.139 e. The molecule has 4 rings (SSSR count). The second-order valence-corrected chi connectivity index (χ2v) is 5.52. The second-order valence-electron chi connectivity index (χ2n) is 5.52. The van der Waals surface area contributed by atoms with Crippen LogP contribution in [0.25, 0.3) is 10.8 Å². The van der Waals surface area contributed by atoms with E-state index in [4.69, 9.17) is 4.42 Å². The Hall–Kier alpha value is -2.06. The normalized spacial score (nSPS) is 14.9. The molecule has 0 aliphatic heterocycles. The second kappa shape index (κ2) is 4.22. The lowest BCUT2D eigenvalue weighted by Crippen LogP contribution is -2.01. The fourth-order valence-electron chi connectivity index (χ4n) is 3.31. The first kappa shape index (κ1) is 11.7. The number of rotatable bonds is 2. The van der Waals surface area contributed by atoms with Gasteiger partial charge in [-0.15, -0.1) is 0 Å². The minimum Gasteiger partial charge on any atom is -0.466 e. The van der Waals surface area contributed by atoms with Gasteiger partial charge >= 0.3 is 0 Å². The molecule has 0 spiro atoms. The van der Waals surface area contributed by atoms with Gasteiger partial charge in [0.15, 0.2) is 0 Å². The molecule has 2 heteroatoms. The predicted molar refractivity (Wildman–Crippen MR) is 78.9 cm³/mol. The molecule has 0 saturated heterocycles. The quantitative estimate of drug-likeness (QED) is 0.761. The molecule has 2 nitrogen and oxygen atoms in total. The molecule has 20 heavy (non-hydrogen) atoms. The average Bonchev–Trinajstić information content (AvgIpc) is 3.07. The van der Waals surface area contributed by atoms with Gasteiger partial charge in [-0.1, -0.05) is 30.3 Å². The summed E-state index contributed by atoms with van der Waals surface area (Å²) in [5.74, 6) is 0.642. The van der Waals surface area contributed by atoms with Crippen molar-refractivity contribution in [3.63, 3.8) is 0 Å².